The van der Waals surface area contributed by atoms with E-state index >= 15 is 0 Å². The molecule has 3 aromatic rings. The Morgan fingerprint density at radius 2 is 1.76 bits per heavy atom. The van der Waals surface area contributed by atoms with Crippen molar-refractivity contribution in [2.45, 2.75) is 5.16 Å². The van der Waals surface area contributed by atoms with E-state index < -0.39 is 5.56 Å². The predicted octanol–water partition coefficient (Wildman–Crippen LogP) is 2.96. The van der Waals surface area contributed by atoms with Crippen molar-refractivity contribution in [3.63, 3.8) is 0 Å². The maximum Gasteiger partial charge on any atom is 0.270 e. The summed E-state index contributed by atoms with van der Waals surface area (Å²) in [7, 11) is 0. The molecule has 0 aliphatic rings. The van der Waals surface area contributed by atoms with E-state index in [2.05, 4.69) is 15.0 Å². The third-order valence-corrected chi connectivity index (χ3v) is 4.13. The normalized spacial score (nSPS) is 10.0. The summed E-state index contributed by atoms with van der Waals surface area (Å²) in [5, 5.41) is 18.5. The number of nitrogens with one attached hydrogen (secondary N) is 1. The summed E-state index contributed by atoms with van der Waals surface area (Å²) in [6.07, 6.45) is 3.31. The van der Waals surface area contributed by atoms with Crippen LogP contribution < -0.4 is 5.56 Å². The SMILES string of the molecule is CSc1nc(-c2ccc(-c3ccc(C#N)cn3)cc2)c(C#N)c(=O)[nH]1. The Balaban J connectivity index is 2.03. The zero-order valence-electron chi connectivity index (χ0n) is 13.1. The zero-order valence-corrected chi connectivity index (χ0v) is 14.0. The largest absolute Gasteiger partial charge is 0.300 e. The number of hydrogen-bond donors (Lipinski definition) is 1. The Labute approximate surface area is 147 Å². The van der Waals surface area contributed by atoms with E-state index in [4.69, 9.17) is 5.26 Å². The summed E-state index contributed by atoms with van der Waals surface area (Å²) in [6.45, 7) is 0. The van der Waals surface area contributed by atoms with Crippen LogP contribution in [0.4, 0.5) is 0 Å². The average Bonchev–Trinajstić information content (AvgIpc) is 2.67. The number of hydrogen-bond acceptors (Lipinski definition) is 6. The van der Waals surface area contributed by atoms with Gasteiger partial charge in [0.25, 0.3) is 5.56 Å². The molecule has 0 spiro atoms. The van der Waals surface area contributed by atoms with Crippen LogP contribution in [-0.4, -0.2) is 21.2 Å². The summed E-state index contributed by atoms with van der Waals surface area (Å²) in [5.41, 5.74) is 2.66. The Morgan fingerprint density at radius 1 is 1.04 bits per heavy atom. The van der Waals surface area contributed by atoms with Gasteiger partial charge in [0.05, 0.1) is 17.0 Å². The Bertz CT molecular complexity index is 1060. The number of aromatic amines is 1. The van der Waals surface area contributed by atoms with Gasteiger partial charge in [-0.3, -0.25) is 9.78 Å². The van der Waals surface area contributed by atoms with E-state index in [0.717, 1.165) is 11.3 Å². The van der Waals surface area contributed by atoms with E-state index in [9.17, 15) is 10.1 Å². The smallest absolute Gasteiger partial charge is 0.270 e. The number of H-pyrrole nitrogens is 1. The standard InChI is InChI=1S/C18H11N5OS/c1-25-18-22-16(14(9-20)17(24)23-18)13-5-3-12(4-6-13)15-7-2-11(8-19)10-21-15/h2-7,10H,1H3,(H,22,23,24). The van der Waals surface area contributed by atoms with Crippen molar-refractivity contribution in [3.05, 3.63) is 64.1 Å². The van der Waals surface area contributed by atoms with E-state index in [1.807, 2.05) is 24.3 Å². The summed E-state index contributed by atoms with van der Waals surface area (Å²) in [4.78, 5) is 23.2. The molecule has 0 aliphatic heterocycles. The van der Waals surface area contributed by atoms with Crippen molar-refractivity contribution in [2.75, 3.05) is 6.26 Å². The van der Waals surface area contributed by atoms with Gasteiger partial charge in [0.15, 0.2) is 5.16 Å². The van der Waals surface area contributed by atoms with Gasteiger partial charge in [-0.2, -0.15) is 10.5 Å². The van der Waals surface area contributed by atoms with E-state index in [-0.39, 0.29) is 5.56 Å². The molecule has 0 unspecified atom stereocenters. The molecule has 0 saturated heterocycles. The van der Waals surface area contributed by atoms with Gasteiger partial charge in [-0.15, -0.1) is 0 Å². The number of nitrogens with zero attached hydrogens (tertiary/aromatic N) is 4. The molecule has 25 heavy (non-hydrogen) atoms. The van der Waals surface area contributed by atoms with Gasteiger partial charge in [-0.1, -0.05) is 36.0 Å². The van der Waals surface area contributed by atoms with Crippen LogP contribution in [0.2, 0.25) is 0 Å². The van der Waals surface area contributed by atoms with Crippen molar-refractivity contribution in [1.82, 2.24) is 15.0 Å². The van der Waals surface area contributed by atoms with Gasteiger partial charge in [-0.05, 0) is 18.4 Å². The molecule has 0 radical (unpaired) electrons. The number of aromatic nitrogens is 3. The van der Waals surface area contributed by atoms with E-state index in [1.54, 1.807) is 30.5 Å². The second kappa shape index (κ2) is 7.00. The number of nitriles is 2. The molecular weight excluding hydrogens is 334 g/mol. The molecule has 3 rings (SSSR count). The first kappa shape index (κ1) is 16.4. The molecule has 6 nitrogen and oxygen atoms in total. The second-order valence-corrected chi connectivity index (χ2v) is 5.83. The minimum atomic E-state index is -0.449. The Morgan fingerprint density at radius 3 is 2.32 bits per heavy atom. The molecule has 0 aliphatic carbocycles. The maximum atomic E-state index is 12.0. The third-order valence-electron chi connectivity index (χ3n) is 3.55. The summed E-state index contributed by atoms with van der Waals surface area (Å²) in [5.74, 6) is 0. The molecule has 0 bridgehead atoms. The van der Waals surface area contributed by atoms with Crippen LogP contribution >= 0.6 is 11.8 Å². The van der Waals surface area contributed by atoms with Crippen LogP contribution in [0.15, 0.2) is 52.5 Å². The topological polar surface area (TPSA) is 106 Å². The van der Waals surface area contributed by atoms with Crippen LogP contribution in [0.1, 0.15) is 11.1 Å². The highest BCUT2D eigenvalue weighted by Crippen LogP contribution is 2.25. The fourth-order valence-electron chi connectivity index (χ4n) is 2.29. The van der Waals surface area contributed by atoms with Gasteiger partial charge >= 0.3 is 0 Å². The number of thioether (sulfide) groups is 1. The lowest BCUT2D eigenvalue weighted by Gasteiger charge is -2.06. The lowest BCUT2D eigenvalue weighted by atomic mass is 10.0. The van der Waals surface area contributed by atoms with Gasteiger partial charge in [-0.25, -0.2) is 4.98 Å². The lowest BCUT2D eigenvalue weighted by Crippen LogP contribution is -2.14. The number of benzene rings is 1. The first-order valence-electron chi connectivity index (χ1n) is 7.21. The Hall–Kier alpha value is -3.42. The van der Waals surface area contributed by atoms with Gasteiger partial charge in [0.2, 0.25) is 0 Å². The first-order chi connectivity index (χ1) is 12.2. The average molecular weight is 345 g/mol. The minimum absolute atomic E-state index is 0.0120. The molecule has 2 aromatic heterocycles. The van der Waals surface area contributed by atoms with Crippen molar-refractivity contribution < 1.29 is 0 Å². The van der Waals surface area contributed by atoms with E-state index in [0.29, 0.717) is 22.0 Å². The highest BCUT2D eigenvalue weighted by molar-refractivity contribution is 7.98. The quantitative estimate of drug-likeness (QED) is 0.578. The van der Waals surface area contributed by atoms with Gasteiger partial charge < -0.3 is 4.98 Å². The maximum absolute atomic E-state index is 12.0. The molecule has 1 N–H and O–H groups in total. The van der Waals surface area contributed by atoms with Crippen molar-refractivity contribution in [3.8, 4) is 34.7 Å². The molecule has 0 atom stereocenters. The molecule has 0 fully saturated rings. The lowest BCUT2D eigenvalue weighted by molar-refractivity contribution is 0.937. The van der Waals surface area contributed by atoms with Crippen LogP contribution in [0.25, 0.3) is 22.5 Å². The molecule has 0 saturated carbocycles. The molecule has 120 valence electrons. The third kappa shape index (κ3) is 3.27. The Kier molecular flexibility index (Phi) is 4.60. The van der Waals surface area contributed by atoms with Crippen molar-refractivity contribution in [2.24, 2.45) is 0 Å². The van der Waals surface area contributed by atoms with Crippen molar-refractivity contribution >= 4 is 11.8 Å². The van der Waals surface area contributed by atoms with Crippen LogP contribution in [0, 0.1) is 22.7 Å². The zero-order chi connectivity index (χ0) is 17.8. The summed E-state index contributed by atoms with van der Waals surface area (Å²) < 4.78 is 0. The van der Waals surface area contributed by atoms with Gasteiger partial charge in [0.1, 0.15) is 17.7 Å². The summed E-state index contributed by atoms with van der Waals surface area (Å²) >= 11 is 1.30. The van der Waals surface area contributed by atoms with Crippen molar-refractivity contribution in [1.29, 1.82) is 10.5 Å². The number of pyridine rings is 1. The molecule has 1 aromatic carbocycles. The molecule has 7 heteroatoms. The molecule has 0 amide bonds. The van der Waals surface area contributed by atoms with E-state index in [1.165, 1.54) is 18.0 Å². The predicted molar refractivity (Wildman–Crippen MR) is 94.7 cm³/mol. The minimum Gasteiger partial charge on any atom is -0.300 e. The highest BCUT2D eigenvalue weighted by Gasteiger charge is 2.13. The highest BCUT2D eigenvalue weighted by atomic mass is 32.2. The van der Waals surface area contributed by atoms with Crippen LogP contribution in [0.5, 0.6) is 0 Å². The molecule has 2 heterocycles. The second-order valence-electron chi connectivity index (χ2n) is 5.03. The number of rotatable bonds is 3. The summed E-state index contributed by atoms with van der Waals surface area (Å²) in [6, 6.07) is 14.7. The van der Waals surface area contributed by atoms with Crippen LogP contribution in [0.3, 0.4) is 0 Å². The fourth-order valence-corrected chi connectivity index (χ4v) is 2.67. The fraction of sp³-hybridized carbons (Fsp3) is 0.0556. The molecular formula is C18H11N5OS. The monoisotopic (exact) mass is 345 g/mol. The van der Waals surface area contributed by atoms with Crippen LogP contribution in [-0.2, 0) is 0 Å². The van der Waals surface area contributed by atoms with Gasteiger partial charge in [0, 0.05) is 17.3 Å². The first-order valence-corrected chi connectivity index (χ1v) is 8.44.